The van der Waals surface area contributed by atoms with Gasteiger partial charge in [-0.1, -0.05) is 29.4 Å². The van der Waals surface area contributed by atoms with Crippen molar-refractivity contribution in [3.8, 4) is 0 Å². The van der Waals surface area contributed by atoms with Gasteiger partial charge in [-0.2, -0.15) is 0 Å². The fourth-order valence-corrected chi connectivity index (χ4v) is 3.43. The van der Waals surface area contributed by atoms with Crippen molar-refractivity contribution in [2.75, 3.05) is 18.6 Å². The molecule has 1 unspecified atom stereocenters. The molecule has 0 radical (unpaired) electrons. The first kappa shape index (κ1) is 15.9. The van der Waals surface area contributed by atoms with Gasteiger partial charge in [0.25, 0.3) is 0 Å². The normalized spacial score (nSPS) is 18.0. The van der Waals surface area contributed by atoms with Crippen LogP contribution in [-0.4, -0.2) is 35.9 Å². The first-order chi connectivity index (χ1) is 9.93. The van der Waals surface area contributed by atoms with Gasteiger partial charge in [-0.05, 0) is 12.1 Å². The molecule has 1 aliphatic rings. The van der Waals surface area contributed by atoms with Gasteiger partial charge >= 0.3 is 5.97 Å². The third-order valence-corrected chi connectivity index (χ3v) is 4.39. The summed E-state index contributed by atoms with van der Waals surface area (Å²) in [6.45, 7) is 1.84. The number of rotatable bonds is 3. The van der Waals surface area contributed by atoms with Crippen molar-refractivity contribution in [3.63, 3.8) is 0 Å². The summed E-state index contributed by atoms with van der Waals surface area (Å²) in [5.74, 6) is -0.729. The fourth-order valence-electron chi connectivity index (χ4n) is 2.26. The predicted octanol–water partition coefficient (Wildman–Crippen LogP) is 2.51. The van der Waals surface area contributed by atoms with Gasteiger partial charge in [0.15, 0.2) is 5.12 Å². The van der Waals surface area contributed by atoms with Crippen LogP contribution in [0.1, 0.15) is 23.7 Å². The van der Waals surface area contributed by atoms with Gasteiger partial charge in [-0.25, -0.2) is 4.79 Å². The van der Waals surface area contributed by atoms with Crippen LogP contribution in [0.3, 0.4) is 0 Å². The second-order valence-corrected chi connectivity index (χ2v) is 6.45. The molecule has 1 fully saturated rings. The number of hydrogen-bond donors (Lipinski definition) is 0. The zero-order chi connectivity index (χ0) is 15.6. The Kier molecular flexibility index (Phi) is 4.90. The van der Waals surface area contributed by atoms with Crippen molar-refractivity contribution >= 4 is 46.0 Å². The van der Waals surface area contributed by atoms with E-state index in [-0.39, 0.29) is 33.3 Å². The summed E-state index contributed by atoms with van der Waals surface area (Å²) < 4.78 is 4.72. The van der Waals surface area contributed by atoms with E-state index in [1.807, 2.05) is 0 Å². The van der Waals surface area contributed by atoms with Gasteiger partial charge in [-0.15, -0.1) is 0 Å². The van der Waals surface area contributed by atoms with Gasteiger partial charge < -0.3 is 9.64 Å². The maximum atomic E-state index is 12.1. The highest BCUT2D eigenvalue weighted by Crippen LogP contribution is 2.34. The van der Waals surface area contributed by atoms with Crippen LogP contribution in [0, 0.1) is 0 Å². The fraction of sp³-hybridized carbons (Fsp3) is 0.357. The van der Waals surface area contributed by atoms with Crippen LogP contribution in [-0.2, 0) is 14.3 Å². The zero-order valence-electron chi connectivity index (χ0n) is 11.6. The quantitative estimate of drug-likeness (QED) is 0.798. The minimum Gasteiger partial charge on any atom is -0.465 e. The molecule has 1 aromatic carbocycles. The molecule has 0 bridgehead atoms. The molecule has 1 aromatic rings. The third kappa shape index (κ3) is 3.39. The molecule has 7 heteroatoms. The number of carbonyl (C=O) groups is 3. The maximum Gasteiger partial charge on any atom is 0.341 e. The Morgan fingerprint density at radius 1 is 1.43 bits per heavy atom. The minimum absolute atomic E-state index is 0.0334. The van der Waals surface area contributed by atoms with Crippen molar-refractivity contribution in [3.05, 3.63) is 28.8 Å². The highest BCUT2D eigenvalue weighted by Gasteiger charge is 2.34. The van der Waals surface area contributed by atoms with Gasteiger partial charge in [0.2, 0.25) is 5.91 Å². The average molecular weight is 328 g/mol. The molecule has 1 amide bonds. The molecule has 0 saturated carbocycles. The molecule has 5 nitrogen and oxygen atoms in total. The average Bonchev–Trinajstić information content (AvgIpc) is 2.77. The monoisotopic (exact) mass is 327 g/mol. The Morgan fingerprint density at radius 2 is 2.14 bits per heavy atom. The van der Waals surface area contributed by atoms with E-state index in [0.29, 0.717) is 12.2 Å². The Hall–Kier alpha value is -1.53. The summed E-state index contributed by atoms with van der Waals surface area (Å²) in [5.41, 5.74) is 0.592. The van der Waals surface area contributed by atoms with Crippen LogP contribution >= 0.6 is 23.4 Å². The second kappa shape index (κ2) is 6.49. The Balaban J connectivity index is 2.34. The number of thioether (sulfide) groups is 1. The van der Waals surface area contributed by atoms with Crippen molar-refractivity contribution in [2.24, 2.45) is 0 Å². The second-order valence-electron chi connectivity index (χ2n) is 4.57. The molecule has 1 aliphatic heterocycles. The number of nitrogens with zero attached hydrogens (tertiary/aromatic N) is 1. The van der Waals surface area contributed by atoms with Crippen LogP contribution in [0.5, 0.6) is 0 Å². The van der Waals surface area contributed by atoms with Gasteiger partial charge in [-0.3, -0.25) is 9.59 Å². The number of anilines is 1. The molecule has 0 N–H and O–H groups in total. The maximum absolute atomic E-state index is 12.1. The molecule has 1 saturated heterocycles. The van der Waals surface area contributed by atoms with E-state index < -0.39 is 5.97 Å². The Bertz CT molecular complexity index is 605. The lowest BCUT2D eigenvalue weighted by Gasteiger charge is -2.20. The molecule has 112 valence electrons. The predicted molar refractivity (Wildman–Crippen MR) is 81.8 cm³/mol. The van der Waals surface area contributed by atoms with E-state index in [1.54, 1.807) is 18.2 Å². The molecule has 0 aliphatic carbocycles. The smallest absolute Gasteiger partial charge is 0.341 e. The first-order valence-corrected chi connectivity index (χ1v) is 7.54. The van der Waals surface area contributed by atoms with Gasteiger partial charge in [0.1, 0.15) is 5.56 Å². The zero-order valence-corrected chi connectivity index (χ0v) is 13.2. The number of carbonyl (C=O) groups excluding carboxylic acids is 3. The molecular weight excluding hydrogens is 314 g/mol. The molecule has 0 aromatic heterocycles. The lowest BCUT2D eigenvalue weighted by Crippen LogP contribution is -2.27. The summed E-state index contributed by atoms with van der Waals surface area (Å²) in [7, 11) is 1.26. The molecule has 0 spiro atoms. The number of hydrogen-bond acceptors (Lipinski definition) is 5. The molecule has 2 rings (SSSR count). The molecule has 21 heavy (non-hydrogen) atoms. The number of ether oxygens (including phenoxy) is 1. The first-order valence-electron chi connectivity index (χ1n) is 6.28. The van der Waals surface area contributed by atoms with Gasteiger partial charge in [0.05, 0.1) is 17.8 Å². The van der Waals surface area contributed by atoms with Crippen LogP contribution in [0.2, 0.25) is 5.02 Å². The van der Waals surface area contributed by atoms with E-state index in [2.05, 4.69) is 0 Å². The SMILES string of the molecule is COC(=O)c1c(Cl)cccc1N1CC(SC(C)=O)CC1=O. The number of amides is 1. The number of esters is 1. The summed E-state index contributed by atoms with van der Waals surface area (Å²) in [5, 5.41) is 0.0863. The van der Waals surface area contributed by atoms with Crippen molar-refractivity contribution < 1.29 is 19.1 Å². The highest BCUT2D eigenvalue weighted by atomic mass is 35.5. The third-order valence-electron chi connectivity index (χ3n) is 3.09. The van der Waals surface area contributed by atoms with Crippen LogP contribution in [0.25, 0.3) is 0 Å². The van der Waals surface area contributed by atoms with E-state index in [4.69, 9.17) is 16.3 Å². The largest absolute Gasteiger partial charge is 0.465 e. The number of methoxy groups -OCH3 is 1. The van der Waals surface area contributed by atoms with E-state index in [0.717, 1.165) is 11.8 Å². The number of benzene rings is 1. The van der Waals surface area contributed by atoms with E-state index in [1.165, 1.54) is 18.9 Å². The molecular formula is C14H14ClNO4S. The van der Waals surface area contributed by atoms with Crippen LogP contribution < -0.4 is 4.90 Å². The summed E-state index contributed by atoms with van der Waals surface area (Å²) >= 11 is 7.19. The van der Waals surface area contributed by atoms with Crippen molar-refractivity contribution in [1.29, 1.82) is 0 Å². The topological polar surface area (TPSA) is 63.7 Å². The van der Waals surface area contributed by atoms with Crippen molar-refractivity contribution in [2.45, 2.75) is 18.6 Å². The van der Waals surface area contributed by atoms with E-state index in [9.17, 15) is 14.4 Å². The highest BCUT2D eigenvalue weighted by molar-refractivity contribution is 8.14. The standard InChI is InChI=1S/C14H14ClNO4S/c1-8(17)21-9-6-12(18)16(7-9)11-5-3-4-10(15)13(11)14(19)20-2/h3-5,9H,6-7H2,1-2H3. The summed E-state index contributed by atoms with van der Waals surface area (Å²) in [6.07, 6.45) is 0.261. The minimum atomic E-state index is -0.592. The number of halogens is 1. The van der Waals surface area contributed by atoms with Gasteiger partial charge in [0, 0.05) is 25.1 Å². The summed E-state index contributed by atoms with van der Waals surface area (Å²) in [6, 6.07) is 4.89. The molecule has 1 atom stereocenters. The Labute approximate surface area is 131 Å². The van der Waals surface area contributed by atoms with Crippen molar-refractivity contribution in [1.82, 2.24) is 0 Å². The van der Waals surface area contributed by atoms with Crippen LogP contribution in [0.15, 0.2) is 18.2 Å². The summed E-state index contributed by atoms with van der Waals surface area (Å²) in [4.78, 5) is 36.7. The van der Waals surface area contributed by atoms with Crippen LogP contribution in [0.4, 0.5) is 5.69 Å². The Morgan fingerprint density at radius 3 is 2.76 bits per heavy atom. The lowest BCUT2D eigenvalue weighted by molar-refractivity contribution is -0.117. The molecule has 1 heterocycles. The van der Waals surface area contributed by atoms with E-state index >= 15 is 0 Å². The lowest BCUT2D eigenvalue weighted by atomic mass is 10.1.